The summed E-state index contributed by atoms with van der Waals surface area (Å²) in [5.74, 6) is 2.27. The average Bonchev–Trinajstić information content (AvgIpc) is 3.43. The zero-order valence-electron chi connectivity index (χ0n) is 14.6. The van der Waals surface area contributed by atoms with Gasteiger partial charge in [0.25, 0.3) is 0 Å². The first-order valence-electron chi connectivity index (χ1n) is 7.79. The summed E-state index contributed by atoms with van der Waals surface area (Å²) in [6.07, 6.45) is 16.1. The van der Waals surface area contributed by atoms with Gasteiger partial charge in [0.1, 0.15) is 11.0 Å². The normalized spacial score (nSPS) is 18.9. The number of rotatable bonds is 4. The predicted molar refractivity (Wildman–Crippen MR) is 106 cm³/mol. The van der Waals surface area contributed by atoms with Crippen LogP contribution in [0.25, 0.3) is 0 Å². The Bertz CT molecular complexity index is 640. The summed E-state index contributed by atoms with van der Waals surface area (Å²) in [4.78, 5) is 8.65. The van der Waals surface area contributed by atoms with Gasteiger partial charge in [-0.15, -0.1) is 20.4 Å². The molecular weight excluding hydrogens is 420 g/mol. The number of aliphatic imine (C=N–C) groups is 2. The minimum Gasteiger partial charge on any atom is -0.227 e. The molecule has 0 aliphatic heterocycles. The molecular formula is C18H16FeN6S2+2. The molecule has 2 aliphatic rings. The molecule has 9 heteroatoms. The van der Waals surface area contributed by atoms with Gasteiger partial charge in [-0.1, -0.05) is 22.7 Å². The van der Waals surface area contributed by atoms with E-state index >= 15 is 0 Å². The largest absolute Gasteiger partial charge is 2.00 e. The molecule has 2 aromatic heterocycles. The van der Waals surface area contributed by atoms with Crippen molar-refractivity contribution in [2.45, 2.75) is 13.8 Å². The second-order valence-corrected chi connectivity index (χ2v) is 6.81. The Balaban J connectivity index is 0.000000187. The Hall–Kier alpha value is -1.02. The van der Waals surface area contributed by atoms with Gasteiger partial charge in [0.15, 0.2) is 0 Å². The van der Waals surface area contributed by atoms with Gasteiger partial charge in [0.05, 0.1) is 0 Å². The minimum absolute atomic E-state index is 0. The Labute approximate surface area is 179 Å². The molecule has 2 fully saturated rings. The van der Waals surface area contributed by atoms with Crippen LogP contribution in [-0.4, -0.2) is 31.8 Å². The number of hydrogen-bond acceptors (Lipinski definition) is 8. The van der Waals surface area contributed by atoms with Crippen LogP contribution in [0.1, 0.15) is 13.8 Å². The third-order valence-electron chi connectivity index (χ3n) is 3.38. The molecule has 0 unspecified atom stereocenters. The van der Waals surface area contributed by atoms with Crippen molar-refractivity contribution in [3.8, 4) is 0 Å². The van der Waals surface area contributed by atoms with Gasteiger partial charge in [-0.3, -0.25) is 0 Å². The predicted octanol–water partition coefficient (Wildman–Crippen LogP) is 4.07. The maximum Gasteiger partial charge on any atom is 2.00 e. The molecule has 0 aromatic carbocycles. The van der Waals surface area contributed by atoms with Crippen molar-refractivity contribution in [2.75, 3.05) is 0 Å². The van der Waals surface area contributed by atoms with Gasteiger partial charge < -0.3 is 0 Å². The molecule has 4 rings (SSSR count). The Kier molecular flexibility index (Phi) is 9.68. The second kappa shape index (κ2) is 11.7. The molecule has 10 radical (unpaired) electrons. The minimum atomic E-state index is 0. The summed E-state index contributed by atoms with van der Waals surface area (Å²) in [6, 6.07) is 0. The molecule has 136 valence electrons. The van der Waals surface area contributed by atoms with Crippen LogP contribution in [0, 0.1) is 63.2 Å². The van der Waals surface area contributed by atoms with E-state index in [1.54, 1.807) is 11.0 Å². The molecule has 2 heterocycles. The molecule has 0 bridgehead atoms. The zero-order chi connectivity index (χ0) is 18.2. The van der Waals surface area contributed by atoms with Gasteiger partial charge in [0, 0.05) is 23.3 Å². The first kappa shape index (κ1) is 22.3. The first-order valence-corrected chi connectivity index (χ1v) is 9.55. The van der Waals surface area contributed by atoms with Crippen LogP contribution in [0.2, 0.25) is 0 Å². The van der Waals surface area contributed by atoms with E-state index in [-0.39, 0.29) is 17.1 Å². The Morgan fingerprint density at radius 2 is 1.07 bits per heavy atom. The van der Waals surface area contributed by atoms with Crippen molar-refractivity contribution < 1.29 is 17.1 Å². The smallest absolute Gasteiger partial charge is 0.227 e. The maximum absolute atomic E-state index is 4.32. The summed E-state index contributed by atoms with van der Waals surface area (Å²) in [5.41, 5.74) is 5.30. The van der Waals surface area contributed by atoms with Gasteiger partial charge in [-0.05, 0) is 65.2 Å². The fourth-order valence-corrected chi connectivity index (χ4v) is 3.02. The number of nitrogens with zero attached hydrogens (tertiary/aromatic N) is 6. The fraction of sp³-hybridized carbons (Fsp3) is 0.111. The van der Waals surface area contributed by atoms with Crippen LogP contribution in [0.4, 0.5) is 10.3 Å². The van der Waals surface area contributed by atoms with E-state index in [0.29, 0.717) is 10.3 Å². The number of aromatic nitrogens is 4. The standard InChI is InChI=1S/2C9H8N3S.Fe/c2*1-7(8-4-2-3-5-8)11-9-12-10-6-13-9;/h2*2-6H,1H3;/q;;+2/b2*11-7+;. The summed E-state index contributed by atoms with van der Waals surface area (Å²) in [5, 5.41) is 16.5. The molecule has 0 spiro atoms. The molecule has 0 N–H and O–H groups in total. The van der Waals surface area contributed by atoms with Crippen molar-refractivity contribution in [2.24, 2.45) is 9.98 Å². The summed E-state index contributed by atoms with van der Waals surface area (Å²) < 4.78 is 0. The van der Waals surface area contributed by atoms with Gasteiger partial charge in [-0.25, -0.2) is 9.98 Å². The van der Waals surface area contributed by atoms with E-state index < -0.39 is 0 Å². The SMILES string of the molecule is C/C(=N\c1nncs1)[C]1[CH][CH][CH][CH]1.C/C(=N\c1nncs1)[C]1[CH][CH][CH][CH]1.[Fe+2]. The van der Waals surface area contributed by atoms with Crippen molar-refractivity contribution in [1.29, 1.82) is 0 Å². The molecule has 0 amide bonds. The van der Waals surface area contributed by atoms with Crippen LogP contribution in [0.5, 0.6) is 0 Å². The maximum atomic E-state index is 4.32. The second-order valence-electron chi connectivity index (χ2n) is 5.18. The molecule has 2 aromatic rings. The van der Waals surface area contributed by atoms with E-state index in [0.717, 1.165) is 23.3 Å². The van der Waals surface area contributed by atoms with E-state index in [4.69, 9.17) is 0 Å². The van der Waals surface area contributed by atoms with Crippen LogP contribution in [0.3, 0.4) is 0 Å². The van der Waals surface area contributed by atoms with Crippen molar-refractivity contribution in [1.82, 2.24) is 20.4 Å². The van der Waals surface area contributed by atoms with Gasteiger partial charge in [-0.2, -0.15) is 0 Å². The van der Waals surface area contributed by atoms with E-state index in [1.165, 1.54) is 22.7 Å². The molecule has 2 saturated carbocycles. The molecule has 2 aliphatic carbocycles. The van der Waals surface area contributed by atoms with Crippen LogP contribution in [-0.2, 0) is 17.1 Å². The summed E-state index contributed by atoms with van der Waals surface area (Å²) in [6.45, 7) is 3.94. The Morgan fingerprint density at radius 3 is 1.37 bits per heavy atom. The van der Waals surface area contributed by atoms with E-state index in [1.807, 2.05) is 65.2 Å². The van der Waals surface area contributed by atoms with Crippen molar-refractivity contribution in [3.63, 3.8) is 0 Å². The first-order chi connectivity index (χ1) is 12.7. The molecule has 6 nitrogen and oxygen atoms in total. The topological polar surface area (TPSA) is 76.3 Å². The number of hydrogen-bond donors (Lipinski definition) is 0. The van der Waals surface area contributed by atoms with E-state index in [2.05, 4.69) is 30.4 Å². The molecule has 27 heavy (non-hydrogen) atoms. The van der Waals surface area contributed by atoms with Gasteiger partial charge in [0.2, 0.25) is 10.3 Å². The van der Waals surface area contributed by atoms with Crippen LogP contribution in [0.15, 0.2) is 21.0 Å². The quantitative estimate of drug-likeness (QED) is 0.535. The van der Waals surface area contributed by atoms with Crippen LogP contribution >= 0.6 is 22.7 Å². The third-order valence-corrected chi connectivity index (χ3v) is 4.55. The van der Waals surface area contributed by atoms with Crippen molar-refractivity contribution in [3.05, 3.63) is 74.2 Å². The van der Waals surface area contributed by atoms with Gasteiger partial charge >= 0.3 is 17.1 Å². The van der Waals surface area contributed by atoms with E-state index in [9.17, 15) is 0 Å². The zero-order valence-corrected chi connectivity index (χ0v) is 17.4. The van der Waals surface area contributed by atoms with Crippen LogP contribution < -0.4 is 0 Å². The third kappa shape index (κ3) is 7.14. The molecule has 0 atom stereocenters. The monoisotopic (exact) mass is 436 g/mol. The van der Waals surface area contributed by atoms with Crippen molar-refractivity contribution >= 4 is 44.4 Å². The molecule has 0 saturated heterocycles. The Morgan fingerprint density at radius 1 is 0.704 bits per heavy atom. The summed E-state index contributed by atoms with van der Waals surface area (Å²) >= 11 is 2.88. The average molecular weight is 436 g/mol. The summed E-state index contributed by atoms with van der Waals surface area (Å²) in [7, 11) is 0. The fourth-order valence-electron chi connectivity index (χ4n) is 2.08.